The highest BCUT2D eigenvalue weighted by atomic mass is 32.2. The molecular formula is C22H30N4O5S. The van der Waals surface area contributed by atoms with Crippen molar-refractivity contribution >= 4 is 15.9 Å². The van der Waals surface area contributed by atoms with E-state index in [1.807, 2.05) is 0 Å². The summed E-state index contributed by atoms with van der Waals surface area (Å²) in [6.07, 6.45) is 6.21. The molecule has 1 saturated carbocycles. The Bertz CT molecular complexity index is 1000. The molecule has 9 nitrogen and oxygen atoms in total. The third-order valence-corrected chi connectivity index (χ3v) is 7.62. The lowest BCUT2D eigenvalue weighted by Crippen LogP contribution is -2.39. The molecule has 0 bridgehead atoms. The van der Waals surface area contributed by atoms with E-state index in [-0.39, 0.29) is 22.9 Å². The Balaban J connectivity index is 1.52. The molecule has 1 amide bonds. The van der Waals surface area contributed by atoms with E-state index in [9.17, 15) is 13.2 Å². The fraction of sp³-hybridized carbons (Fsp3) is 0.500. The monoisotopic (exact) mass is 462 g/mol. The molecule has 3 rings (SSSR count). The summed E-state index contributed by atoms with van der Waals surface area (Å²) in [6.45, 7) is 4.40. The molecule has 0 saturated heterocycles. The minimum Gasteiger partial charge on any atom is -0.480 e. The first-order valence-corrected chi connectivity index (χ1v) is 12.2. The lowest BCUT2D eigenvalue weighted by atomic mass is 9.92. The number of methoxy groups -OCH3 is 1. The van der Waals surface area contributed by atoms with Gasteiger partial charge < -0.3 is 14.8 Å². The van der Waals surface area contributed by atoms with Gasteiger partial charge in [0.25, 0.3) is 5.91 Å². The summed E-state index contributed by atoms with van der Waals surface area (Å²) in [7, 11) is -2.01. The largest absolute Gasteiger partial charge is 0.480 e. The number of rotatable bonds is 9. The van der Waals surface area contributed by atoms with Crippen LogP contribution in [0.1, 0.15) is 49.9 Å². The van der Waals surface area contributed by atoms with E-state index in [0.29, 0.717) is 30.4 Å². The molecule has 32 heavy (non-hydrogen) atoms. The molecule has 0 radical (unpaired) electrons. The lowest BCUT2D eigenvalue weighted by Gasteiger charge is -2.29. The minimum atomic E-state index is -3.54. The van der Waals surface area contributed by atoms with Gasteiger partial charge in [-0.3, -0.25) is 9.78 Å². The van der Waals surface area contributed by atoms with Crippen LogP contribution in [-0.2, 0) is 10.0 Å². The Hall–Kier alpha value is -2.72. The van der Waals surface area contributed by atoms with E-state index in [1.165, 1.54) is 29.7 Å². The number of hydrogen-bond acceptors (Lipinski definition) is 7. The maximum atomic E-state index is 12.6. The summed E-state index contributed by atoms with van der Waals surface area (Å²) in [5.41, 5.74) is 0.438. The quantitative estimate of drug-likeness (QED) is 0.610. The molecule has 2 aromatic rings. The van der Waals surface area contributed by atoms with Crippen LogP contribution in [0, 0.1) is 0 Å². The van der Waals surface area contributed by atoms with Crippen molar-refractivity contribution in [1.82, 2.24) is 19.6 Å². The summed E-state index contributed by atoms with van der Waals surface area (Å²) >= 11 is 0. The summed E-state index contributed by atoms with van der Waals surface area (Å²) < 4.78 is 37.5. The first-order chi connectivity index (χ1) is 15.4. The van der Waals surface area contributed by atoms with Crippen molar-refractivity contribution in [2.45, 2.75) is 56.6 Å². The standard InChI is InChI=1S/C22H30N4O5S/c1-4-26(5-2)32(28,29)19-12-6-16(7-13-19)22(27)24-17-8-10-18(11-9-17)31-21-15-23-14-20(25-21)30-3/h6-7,12-15,17-18H,4-5,8-11H2,1-3H3,(H,24,27). The highest BCUT2D eigenvalue weighted by molar-refractivity contribution is 7.89. The van der Waals surface area contributed by atoms with Crippen molar-refractivity contribution in [3.8, 4) is 11.8 Å². The zero-order valence-corrected chi connectivity index (χ0v) is 19.5. The van der Waals surface area contributed by atoms with Gasteiger partial charge in [0.2, 0.25) is 21.8 Å². The Morgan fingerprint density at radius 3 is 2.28 bits per heavy atom. The molecule has 1 heterocycles. The van der Waals surface area contributed by atoms with Gasteiger partial charge in [0, 0.05) is 24.7 Å². The lowest BCUT2D eigenvalue weighted by molar-refractivity contribution is 0.0889. The van der Waals surface area contributed by atoms with E-state index in [4.69, 9.17) is 9.47 Å². The molecular weight excluding hydrogens is 432 g/mol. The molecule has 1 aromatic heterocycles. The van der Waals surface area contributed by atoms with Crippen LogP contribution < -0.4 is 14.8 Å². The van der Waals surface area contributed by atoms with E-state index in [2.05, 4.69) is 15.3 Å². The first kappa shape index (κ1) is 23.9. The van der Waals surface area contributed by atoms with Crippen molar-refractivity contribution in [3.05, 3.63) is 42.2 Å². The Morgan fingerprint density at radius 1 is 1.06 bits per heavy atom. The zero-order chi connectivity index (χ0) is 23.1. The Morgan fingerprint density at radius 2 is 1.69 bits per heavy atom. The van der Waals surface area contributed by atoms with Crippen LogP contribution >= 0.6 is 0 Å². The number of aromatic nitrogens is 2. The molecule has 0 aliphatic heterocycles. The molecule has 1 fully saturated rings. The summed E-state index contributed by atoms with van der Waals surface area (Å²) in [5, 5.41) is 3.04. The van der Waals surface area contributed by atoms with Crippen LogP contribution in [0.2, 0.25) is 0 Å². The van der Waals surface area contributed by atoms with Crippen LogP contribution in [0.3, 0.4) is 0 Å². The third-order valence-electron chi connectivity index (χ3n) is 5.56. The fourth-order valence-corrected chi connectivity index (χ4v) is 5.20. The van der Waals surface area contributed by atoms with Crippen LogP contribution in [0.4, 0.5) is 0 Å². The molecule has 1 aromatic carbocycles. The predicted molar refractivity (Wildman–Crippen MR) is 119 cm³/mol. The summed E-state index contributed by atoms with van der Waals surface area (Å²) in [5.74, 6) is 0.621. The minimum absolute atomic E-state index is 0.00845. The second-order valence-electron chi connectivity index (χ2n) is 7.58. The Labute approximate surface area is 189 Å². The van der Waals surface area contributed by atoms with E-state index < -0.39 is 10.0 Å². The SMILES string of the molecule is CCN(CC)S(=O)(=O)c1ccc(C(=O)NC2CCC(Oc3cncc(OC)n3)CC2)cc1. The summed E-state index contributed by atoms with van der Waals surface area (Å²) in [4.78, 5) is 21.1. The number of benzene rings is 1. The number of sulfonamides is 1. The highest BCUT2D eigenvalue weighted by Crippen LogP contribution is 2.24. The van der Waals surface area contributed by atoms with Crippen molar-refractivity contribution in [1.29, 1.82) is 0 Å². The zero-order valence-electron chi connectivity index (χ0n) is 18.7. The molecule has 1 aliphatic carbocycles. The first-order valence-electron chi connectivity index (χ1n) is 10.8. The number of hydrogen-bond donors (Lipinski definition) is 1. The number of amides is 1. The molecule has 174 valence electrons. The second-order valence-corrected chi connectivity index (χ2v) is 9.52. The molecule has 0 unspecified atom stereocenters. The van der Waals surface area contributed by atoms with Crippen molar-refractivity contribution in [2.75, 3.05) is 20.2 Å². The van der Waals surface area contributed by atoms with Crippen molar-refractivity contribution in [2.24, 2.45) is 0 Å². The van der Waals surface area contributed by atoms with Crippen LogP contribution in [-0.4, -0.2) is 60.9 Å². The number of nitrogens with one attached hydrogen (secondary N) is 1. The highest BCUT2D eigenvalue weighted by Gasteiger charge is 2.25. The number of ether oxygens (including phenoxy) is 2. The number of carbonyl (C=O) groups is 1. The normalized spacial score (nSPS) is 18.9. The van der Waals surface area contributed by atoms with E-state index >= 15 is 0 Å². The maximum Gasteiger partial charge on any atom is 0.251 e. The van der Waals surface area contributed by atoms with Crippen LogP contribution in [0.15, 0.2) is 41.6 Å². The van der Waals surface area contributed by atoms with Gasteiger partial charge in [0.1, 0.15) is 6.10 Å². The molecule has 0 spiro atoms. The van der Waals surface area contributed by atoms with E-state index in [1.54, 1.807) is 32.2 Å². The van der Waals surface area contributed by atoms with Gasteiger partial charge in [-0.1, -0.05) is 13.8 Å². The predicted octanol–water partition coefficient (Wildman–Crippen LogP) is 2.64. The molecule has 10 heteroatoms. The summed E-state index contributed by atoms with van der Waals surface area (Å²) in [6, 6.07) is 6.13. The molecule has 1 N–H and O–H groups in total. The number of carbonyl (C=O) groups excluding carboxylic acids is 1. The fourth-order valence-electron chi connectivity index (χ4n) is 3.74. The third kappa shape index (κ3) is 5.74. The Kier molecular flexibility index (Phi) is 8.03. The molecule has 0 atom stereocenters. The van der Waals surface area contributed by atoms with Gasteiger partial charge in [0.05, 0.1) is 24.4 Å². The smallest absolute Gasteiger partial charge is 0.251 e. The maximum absolute atomic E-state index is 12.6. The van der Waals surface area contributed by atoms with Crippen LogP contribution in [0.5, 0.6) is 11.8 Å². The number of nitrogens with zero attached hydrogens (tertiary/aromatic N) is 3. The average molecular weight is 463 g/mol. The topological polar surface area (TPSA) is 111 Å². The molecule has 1 aliphatic rings. The van der Waals surface area contributed by atoms with Gasteiger partial charge in [-0.2, -0.15) is 9.29 Å². The van der Waals surface area contributed by atoms with Gasteiger partial charge >= 0.3 is 0 Å². The second kappa shape index (κ2) is 10.7. The van der Waals surface area contributed by atoms with Gasteiger partial charge in [-0.15, -0.1) is 0 Å². The van der Waals surface area contributed by atoms with Crippen molar-refractivity contribution in [3.63, 3.8) is 0 Å². The van der Waals surface area contributed by atoms with Gasteiger partial charge in [-0.25, -0.2) is 8.42 Å². The van der Waals surface area contributed by atoms with Gasteiger partial charge in [0.15, 0.2) is 0 Å². The average Bonchev–Trinajstić information content (AvgIpc) is 2.81. The van der Waals surface area contributed by atoms with Crippen molar-refractivity contribution < 1.29 is 22.7 Å². The van der Waals surface area contributed by atoms with Gasteiger partial charge in [-0.05, 0) is 49.9 Å². The van der Waals surface area contributed by atoms with Crippen LogP contribution in [0.25, 0.3) is 0 Å². The van der Waals surface area contributed by atoms with E-state index in [0.717, 1.165) is 25.7 Å².